The van der Waals surface area contributed by atoms with E-state index < -0.39 is 0 Å². The van der Waals surface area contributed by atoms with Crippen LogP contribution in [0.15, 0.2) is 72.8 Å². The number of aryl methyl sites for hydroxylation is 7. The Balaban J connectivity index is -0.000000183. The van der Waals surface area contributed by atoms with Crippen molar-refractivity contribution in [1.29, 1.82) is 0 Å². The molecule has 0 aromatic heterocycles. The third kappa shape index (κ3) is 26.7. The summed E-state index contributed by atoms with van der Waals surface area (Å²) in [5, 5.41) is 0. The fourth-order valence-corrected chi connectivity index (χ4v) is 5.25. The van der Waals surface area contributed by atoms with Gasteiger partial charge < -0.3 is 0 Å². The van der Waals surface area contributed by atoms with Crippen molar-refractivity contribution in [3.63, 3.8) is 0 Å². The fraction of sp³-hybridized carbons (Fsp3) is 0.547. The van der Waals surface area contributed by atoms with E-state index in [1.54, 1.807) is 0 Å². The molecule has 0 saturated heterocycles. The Morgan fingerprint density at radius 1 is 0.352 bits per heavy atom. The summed E-state index contributed by atoms with van der Waals surface area (Å²) in [4.78, 5) is 0. The molecule has 4 aromatic carbocycles. The van der Waals surface area contributed by atoms with Gasteiger partial charge in [0, 0.05) is 8.41 Å². The molecule has 0 aliphatic rings. The first-order valence-corrected chi connectivity index (χ1v) is 20.5. The third-order valence-corrected chi connectivity index (χ3v) is 8.43. The average molecular weight is 738 g/mol. The lowest BCUT2D eigenvalue weighted by Gasteiger charge is -2.10. The van der Waals surface area contributed by atoms with Crippen molar-refractivity contribution >= 4 is 8.41 Å². The van der Waals surface area contributed by atoms with Crippen molar-refractivity contribution in [3.05, 3.63) is 140 Å². The zero-order valence-corrected chi connectivity index (χ0v) is 39.4. The Bertz CT molecular complexity index is 1450. The van der Waals surface area contributed by atoms with Crippen molar-refractivity contribution in [1.82, 2.24) is 0 Å². The van der Waals surface area contributed by atoms with E-state index in [0.29, 0.717) is 23.7 Å². The molecule has 0 spiro atoms. The number of benzene rings is 4. The first-order valence-electron chi connectivity index (χ1n) is 20.5. The van der Waals surface area contributed by atoms with Gasteiger partial charge in [-0.05, 0) is 135 Å². The molecule has 4 aromatic rings. The van der Waals surface area contributed by atoms with Crippen LogP contribution in [0.4, 0.5) is 0 Å². The number of hydrogen-bond donors (Lipinski definition) is 0. The Morgan fingerprint density at radius 3 is 1.13 bits per heavy atom. The maximum absolute atomic E-state index is 2.28. The minimum absolute atomic E-state index is 0. The zero-order chi connectivity index (χ0) is 41.3. The molecule has 0 nitrogen and oxygen atoms in total. The summed E-state index contributed by atoms with van der Waals surface area (Å²) in [6, 6.07) is 26.6. The van der Waals surface area contributed by atoms with E-state index in [0.717, 1.165) is 5.92 Å². The lowest BCUT2D eigenvalue weighted by molar-refractivity contribution is 0.737. The molecule has 0 bridgehead atoms. The van der Waals surface area contributed by atoms with Gasteiger partial charge in [0.1, 0.15) is 0 Å². The summed E-state index contributed by atoms with van der Waals surface area (Å²) in [6.07, 6.45) is 0. The molecule has 0 saturated carbocycles. The van der Waals surface area contributed by atoms with Crippen LogP contribution in [0.25, 0.3) is 0 Å². The van der Waals surface area contributed by atoms with Crippen LogP contribution >= 0.6 is 0 Å². The maximum Gasteiger partial charge on any atom is 0 e. The molecule has 4 rings (SSSR count). The van der Waals surface area contributed by atoms with E-state index >= 15 is 0 Å². The first kappa shape index (κ1) is 60.2. The highest BCUT2D eigenvalue weighted by molar-refractivity contribution is 5.75. The summed E-state index contributed by atoms with van der Waals surface area (Å²) in [5.41, 5.74) is 17.0. The Labute approximate surface area is 343 Å². The Kier molecular flexibility index (Phi) is 37.1. The quantitative estimate of drug-likeness (QED) is 0.183. The fourth-order valence-electron chi connectivity index (χ4n) is 5.25. The van der Waals surface area contributed by atoms with Crippen LogP contribution in [-0.4, -0.2) is 8.41 Å². The van der Waals surface area contributed by atoms with Crippen LogP contribution in [0.1, 0.15) is 202 Å². The lowest BCUT2D eigenvalue weighted by atomic mass is 9.95. The molecule has 0 atom stereocenters. The van der Waals surface area contributed by atoms with E-state index in [9.17, 15) is 0 Å². The maximum atomic E-state index is 2.28. The van der Waals surface area contributed by atoms with Crippen LogP contribution in [0, 0.1) is 61.3 Å². The minimum atomic E-state index is 0. The second-order valence-corrected chi connectivity index (χ2v) is 15.8. The van der Waals surface area contributed by atoms with E-state index in [4.69, 9.17) is 0 Å². The standard InChI is InChI=1S/4C11H16.C4H10.2C2H6.CH4.B/c1-8(2)11-6-9(3)5-10(4)7-11;1-8(2)11-6-5-9(3)10(4)7-11;1-8(2)11-7-9(3)5-6-10(11)4;1-8(2)11-7-5-6-9(3)10(11)4;1-4(2)3;2*1-2;;/h4*5-8H,1-4H3;4H,1-3H3;2*1-2H3;1H4;. The van der Waals surface area contributed by atoms with Crippen LogP contribution < -0.4 is 0 Å². The smallest absolute Gasteiger partial charge is 0 e. The summed E-state index contributed by atoms with van der Waals surface area (Å²) in [6.45, 7) is 49.7. The van der Waals surface area contributed by atoms with Crippen LogP contribution in [0.5, 0.6) is 0 Å². The molecular weight excluding hydrogens is 647 g/mol. The molecule has 3 radical (unpaired) electrons. The van der Waals surface area contributed by atoms with Gasteiger partial charge in [0.2, 0.25) is 0 Å². The van der Waals surface area contributed by atoms with Crippen molar-refractivity contribution in [3.8, 4) is 0 Å². The predicted molar refractivity (Wildman–Crippen MR) is 256 cm³/mol. The lowest BCUT2D eigenvalue weighted by Crippen LogP contribution is -1.93. The van der Waals surface area contributed by atoms with Crippen LogP contribution in [0.2, 0.25) is 0 Å². The van der Waals surface area contributed by atoms with Crippen molar-refractivity contribution < 1.29 is 0 Å². The summed E-state index contributed by atoms with van der Waals surface area (Å²) >= 11 is 0. The molecule has 0 N–H and O–H groups in total. The Morgan fingerprint density at radius 2 is 0.778 bits per heavy atom. The predicted octanol–water partition coefficient (Wildman–Crippen LogP) is 17.7. The van der Waals surface area contributed by atoms with Gasteiger partial charge in [0.25, 0.3) is 0 Å². The highest BCUT2D eigenvalue weighted by Gasteiger charge is 2.04. The summed E-state index contributed by atoms with van der Waals surface area (Å²) in [7, 11) is 0. The van der Waals surface area contributed by atoms with Gasteiger partial charge in [-0.25, -0.2) is 0 Å². The molecule has 0 heterocycles. The van der Waals surface area contributed by atoms with Gasteiger partial charge in [-0.2, -0.15) is 0 Å². The molecule has 1 heteroatoms. The second-order valence-electron chi connectivity index (χ2n) is 15.8. The van der Waals surface area contributed by atoms with E-state index in [1.165, 1.54) is 66.8 Å². The van der Waals surface area contributed by atoms with Crippen molar-refractivity contribution in [2.24, 2.45) is 5.92 Å². The molecule has 54 heavy (non-hydrogen) atoms. The highest BCUT2D eigenvalue weighted by Crippen LogP contribution is 2.22. The van der Waals surface area contributed by atoms with Crippen molar-refractivity contribution in [2.45, 2.75) is 190 Å². The van der Waals surface area contributed by atoms with Gasteiger partial charge >= 0.3 is 0 Å². The highest BCUT2D eigenvalue weighted by atomic mass is 14.1. The van der Waals surface area contributed by atoms with E-state index in [1.807, 2.05) is 27.7 Å². The van der Waals surface area contributed by atoms with E-state index in [-0.39, 0.29) is 15.8 Å². The molecule has 0 amide bonds. The van der Waals surface area contributed by atoms with Gasteiger partial charge in [0.05, 0.1) is 0 Å². The average Bonchev–Trinajstić information content (AvgIpc) is 3.06. The molecule has 0 unspecified atom stereocenters. The zero-order valence-electron chi connectivity index (χ0n) is 39.4. The van der Waals surface area contributed by atoms with E-state index in [2.05, 4.69) is 204 Å². The SMILES string of the molecule is C.CC.CC.CC(C)C.Cc1cc(C)cc(C(C)C)c1.Cc1ccc(C(C)C)cc1C.Cc1ccc(C)c(C(C)C)c1.Cc1cccc(C(C)C)c1C.[B]. The molecular formula is C53H90B. The molecule has 305 valence electrons. The minimum Gasteiger partial charge on any atom is -0.0776 e. The second kappa shape index (κ2) is 33.3. The number of rotatable bonds is 4. The molecule has 0 fully saturated rings. The molecule has 0 aliphatic heterocycles. The topological polar surface area (TPSA) is 0 Å². The Hall–Kier alpha value is -3.06. The molecule has 0 aliphatic carbocycles. The van der Waals surface area contributed by atoms with Crippen LogP contribution in [0.3, 0.4) is 0 Å². The normalized spacial score (nSPS) is 9.56. The monoisotopic (exact) mass is 738 g/mol. The number of hydrogen-bond acceptors (Lipinski definition) is 0. The summed E-state index contributed by atoms with van der Waals surface area (Å²) < 4.78 is 0. The largest absolute Gasteiger partial charge is 0.0776 e. The van der Waals surface area contributed by atoms with Gasteiger partial charge in [0.15, 0.2) is 0 Å². The third-order valence-electron chi connectivity index (χ3n) is 8.43. The van der Waals surface area contributed by atoms with Crippen LogP contribution in [-0.2, 0) is 0 Å². The first-order chi connectivity index (χ1) is 24.2. The van der Waals surface area contributed by atoms with Crippen molar-refractivity contribution in [2.75, 3.05) is 0 Å². The summed E-state index contributed by atoms with van der Waals surface area (Å²) in [5.74, 6) is 3.42. The van der Waals surface area contributed by atoms with Gasteiger partial charge in [-0.1, -0.05) is 201 Å². The van der Waals surface area contributed by atoms with Gasteiger partial charge in [-0.3, -0.25) is 0 Å². The van der Waals surface area contributed by atoms with Gasteiger partial charge in [-0.15, -0.1) is 0 Å².